The van der Waals surface area contributed by atoms with Crippen molar-refractivity contribution in [1.29, 1.82) is 0 Å². The van der Waals surface area contributed by atoms with E-state index in [0.29, 0.717) is 6.54 Å². The van der Waals surface area contributed by atoms with Crippen molar-refractivity contribution in [2.24, 2.45) is 4.99 Å². The van der Waals surface area contributed by atoms with E-state index in [1.165, 1.54) is 4.70 Å². The summed E-state index contributed by atoms with van der Waals surface area (Å²) in [5.74, 6) is 2.53. The van der Waals surface area contributed by atoms with Crippen LogP contribution >= 0.6 is 11.3 Å². The van der Waals surface area contributed by atoms with Gasteiger partial charge in [0.25, 0.3) is 0 Å². The van der Waals surface area contributed by atoms with Crippen LogP contribution in [0.25, 0.3) is 21.0 Å². The molecule has 3 aromatic rings. The Hall–Kier alpha value is -2.34. The van der Waals surface area contributed by atoms with Gasteiger partial charge >= 0.3 is 0 Å². The van der Waals surface area contributed by atoms with Crippen LogP contribution in [0.5, 0.6) is 0 Å². The lowest BCUT2D eigenvalue weighted by Crippen LogP contribution is -2.33. The Morgan fingerprint density at radius 1 is 1.24 bits per heavy atom. The van der Waals surface area contributed by atoms with E-state index < -0.39 is 0 Å². The Kier molecular flexibility index (Phi) is 3.08. The third kappa shape index (κ3) is 2.50. The molecule has 0 amide bonds. The van der Waals surface area contributed by atoms with Crippen LogP contribution in [0.3, 0.4) is 0 Å². The Balaban J connectivity index is 1.53. The first-order valence-electron chi connectivity index (χ1n) is 6.85. The molecule has 2 aromatic heterocycles. The van der Waals surface area contributed by atoms with Gasteiger partial charge in [0, 0.05) is 6.54 Å². The van der Waals surface area contributed by atoms with Crippen molar-refractivity contribution in [3.05, 3.63) is 42.2 Å². The van der Waals surface area contributed by atoms with Crippen LogP contribution in [0.15, 0.2) is 45.8 Å². The Morgan fingerprint density at radius 3 is 3.05 bits per heavy atom. The molecule has 0 saturated heterocycles. The number of fused-ring (bicyclic) bond motifs is 1. The highest BCUT2D eigenvalue weighted by molar-refractivity contribution is 7.21. The second kappa shape index (κ2) is 5.21. The van der Waals surface area contributed by atoms with Crippen molar-refractivity contribution in [2.45, 2.75) is 6.54 Å². The number of hydrogen-bond acceptors (Lipinski definition) is 6. The molecule has 2 N–H and O–H groups in total. The van der Waals surface area contributed by atoms with Crippen LogP contribution in [0.2, 0.25) is 0 Å². The molecule has 0 unspecified atom stereocenters. The maximum Gasteiger partial charge on any atom is 0.191 e. The molecule has 1 aliphatic rings. The number of aliphatic imine (C=N–C) groups is 1. The van der Waals surface area contributed by atoms with Crippen LogP contribution < -0.4 is 10.6 Å². The monoisotopic (exact) mass is 298 g/mol. The average Bonchev–Trinajstić information content (AvgIpc) is 3.24. The van der Waals surface area contributed by atoms with Crippen LogP contribution in [0.4, 0.5) is 0 Å². The van der Waals surface area contributed by atoms with Gasteiger partial charge < -0.3 is 15.1 Å². The van der Waals surface area contributed by atoms with Gasteiger partial charge in [-0.25, -0.2) is 4.98 Å². The van der Waals surface area contributed by atoms with Crippen LogP contribution in [0, 0.1) is 0 Å². The Bertz CT molecular complexity index is 772. The maximum atomic E-state index is 5.86. The number of hydrogen-bond donors (Lipinski definition) is 2. The van der Waals surface area contributed by atoms with Crippen molar-refractivity contribution in [3.8, 4) is 10.8 Å². The van der Waals surface area contributed by atoms with Gasteiger partial charge in [-0.1, -0.05) is 12.1 Å². The second-order valence-electron chi connectivity index (χ2n) is 4.76. The molecule has 3 heterocycles. The second-order valence-corrected chi connectivity index (χ2v) is 5.79. The minimum Gasteiger partial charge on any atom is -0.457 e. The lowest BCUT2D eigenvalue weighted by atomic mass is 10.3. The first-order valence-corrected chi connectivity index (χ1v) is 7.67. The number of rotatable bonds is 3. The molecule has 0 aliphatic carbocycles. The van der Waals surface area contributed by atoms with Crippen LogP contribution in [-0.2, 0) is 6.54 Å². The van der Waals surface area contributed by atoms with Crippen molar-refractivity contribution in [2.75, 3.05) is 13.1 Å². The van der Waals surface area contributed by atoms with Gasteiger partial charge in [-0.3, -0.25) is 4.99 Å². The van der Waals surface area contributed by atoms with E-state index in [1.54, 1.807) is 11.3 Å². The smallest absolute Gasteiger partial charge is 0.191 e. The summed E-state index contributed by atoms with van der Waals surface area (Å²) in [6.07, 6.45) is 0. The fourth-order valence-corrected chi connectivity index (χ4v) is 3.18. The number of guanidine groups is 1. The molecule has 5 nitrogen and oxygen atoms in total. The molecule has 0 radical (unpaired) electrons. The van der Waals surface area contributed by atoms with Crippen molar-refractivity contribution < 1.29 is 4.42 Å². The molecule has 0 spiro atoms. The number of furan rings is 1. The quantitative estimate of drug-likeness (QED) is 0.780. The lowest BCUT2D eigenvalue weighted by molar-refractivity contribution is 0.514. The van der Waals surface area contributed by atoms with E-state index >= 15 is 0 Å². The molecule has 0 bridgehead atoms. The van der Waals surface area contributed by atoms with Gasteiger partial charge in [-0.05, 0) is 24.3 Å². The normalized spacial score (nSPS) is 14.2. The van der Waals surface area contributed by atoms with E-state index in [-0.39, 0.29) is 0 Å². The highest BCUT2D eigenvalue weighted by atomic mass is 32.1. The molecular weight excluding hydrogens is 284 g/mol. The number of thiazole rings is 1. The summed E-state index contributed by atoms with van der Waals surface area (Å²) in [5.41, 5.74) is 1.01. The molecule has 6 heteroatoms. The van der Waals surface area contributed by atoms with Crippen molar-refractivity contribution in [3.63, 3.8) is 0 Å². The first kappa shape index (κ1) is 12.4. The number of aromatic nitrogens is 1. The largest absolute Gasteiger partial charge is 0.457 e. The summed E-state index contributed by atoms with van der Waals surface area (Å²) >= 11 is 1.65. The molecule has 4 rings (SSSR count). The summed E-state index contributed by atoms with van der Waals surface area (Å²) in [6.45, 7) is 2.35. The summed E-state index contributed by atoms with van der Waals surface area (Å²) in [4.78, 5) is 8.89. The van der Waals surface area contributed by atoms with Gasteiger partial charge in [-0.2, -0.15) is 0 Å². The summed E-state index contributed by atoms with van der Waals surface area (Å²) in [5, 5.41) is 7.30. The molecule has 0 fully saturated rings. The minimum atomic E-state index is 0.622. The number of nitrogens with one attached hydrogen (secondary N) is 2. The highest BCUT2D eigenvalue weighted by Gasteiger charge is 2.11. The summed E-state index contributed by atoms with van der Waals surface area (Å²) in [6, 6.07) is 12.1. The van der Waals surface area contributed by atoms with Gasteiger partial charge in [0.2, 0.25) is 0 Å². The van der Waals surface area contributed by atoms with Crippen LogP contribution in [0.1, 0.15) is 5.76 Å². The predicted octanol–water partition coefficient (Wildman–Crippen LogP) is 2.61. The Morgan fingerprint density at radius 2 is 2.19 bits per heavy atom. The molecule has 0 saturated carbocycles. The number of para-hydroxylation sites is 1. The topological polar surface area (TPSA) is 62.5 Å². The molecule has 1 aliphatic heterocycles. The standard InChI is InChI=1S/C15H14N4OS/c1-2-4-13-11(3-1)19-14(21-13)12-6-5-10(20-12)9-18-15-16-7-8-17-15/h1-6H,7-9H2,(H2,16,17,18). The van der Waals surface area contributed by atoms with E-state index in [1.807, 2.05) is 30.3 Å². The van der Waals surface area contributed by atoms with E-state index in [2.05, 4.69) is 26.7 Å². The van der Waals surface area contributed by atoms with E-state index in [9.17, 15) is 0 Å². The van der Waals surface area contributed by atoms with Crippen molar-refractivity contribution >= 4 is 27.5 Å². The minimum absolute atomic E-state index is 0.622. The summed E-state index contributed by atoms with van der Waals surface area (Å²) < 4.78 is 7.04. The first-order chi connectivity index (χ1) is 10.4. The number of nitrogens with zero attached hydrogens (tertiary/aromatic N) is 2. The molecule has 1 aromatic carbocycles. The predicted molar refractivity (Wildman–Crippen MR) is 84.5 cm³/mol. The molecule has 21 heavy (non-hydrogen) atoms. The summed E-state index contributed by atoms with van der Waals surface area (Å²) in [7, 11) is 0. The molecule has 106 valence electrons. The third-order valence-electron chi connectivity index (χ3n) is 3.27. The fourth-order valence-electron chi connectivity index (χ4n) is 2.25. The maximum absolute atomic E-state index is 5.86. The number of benzene rings is 1. The van der Waals surface area contributed by atoms with Gasteiger partial charge in [0.1, 0.15) is 5.76 Å². The van der Waals surface area contributed by atoms with Crippen LogP contribution in [-0.4, -0.2) is 24.0 Å². The fraction of sp³-hybridized carbons (Fsp3) is 0.200. The zero-order valence-electron chi connectivity index (χ0n) is 11.3. The average molecular weight is 298 g/mol. The van der Waals surface area contributed by atoms with E-state index in [0.717, 1.165) is 41.1 Å². The zero-order chi connectivity index (χ0) is 14.1. The van der Waals surface area contributed by atoms with E-state index in [4.69, 9.17) is 4.42 Å². The Labute approximate surface area is 125 Å². The zero-order valence-corrected chi connectivity index (χ0v) is 12.1. The molecule has 0 atom stereocenters. The third-order valence-corrected chi connectivity index (χ3v) is 4.32. The van der Waals surface area contributed by atoms with Gasteiger partial charge in [-0.15, -0.1) is 11.3 Å². The highest BCUT2D eigenvalue weighted by Crippen LogP contribution is 2.30. The van der Waals surface area contributed by atoms with Gasteiger partial charge in [0.05, 0.1) is 23.3 Å². The lowest BCUT2D eigenvalue weighted by Gasteiger charge is -2.03. The molecular formula is C15H14N4OS. The SMILES string of the molecule is c1ccc2sc(-c3ccc(CNC4=NCCN4)o3)nc2c1. The van der Waals surface area contributed by atoms with Crippen molar-refractivity contribution in [1.82, 2.24) is 15.6 Å². The van der Waals surface area contributed by atoms with Gasteiger partial charge in [0.15, 0.2) is 16.7 Å².